The van der Waals surface area contributed by atoms with E-state index in [-0.39, 0.29) is 5.41 Å². The summed E-state index contributed by atoms with van der Waals surface area (Å²) in [5, 5.41) is 8.92. The minimum Gasteiger partial charge on any atom is -0.308 e. The van der Waals surface area contributed by atoms with Crippen LogP contribution in [0.4, 0.5) is 0 Å². The van der Waals surface area contributed by atoms with Crippen LogP contribution in [0.3, 0.4) is 0 Å². The molecule has 0 unspecified atom stereocenters. The van der Waals surface area contributed by atoms with Gasteiger partial charge in [-0.25, -0.2) is 9.97 Å². The van der Waals surface area contributed by atoms with Crippen LogP contribution in [-0.2, 0) is 5.41 Å². The number of para-hydroxylation sites is 2. The van der Waals surface area contributed by atoms with E-state index in [0.717, 1.165) is 33.5 Å². The highest BCUT2D eigenvalue weighted by atomic mass is 32.1. The van der Waals surface area contributed by atoms with Gasteiger partial charge in [-0.15, -0.1) is 11.3 Å². The van der Waals surface area contributed by atoms with Crippen LogP contribution in [0.25, 0.3) is 103 Å². The van der Waals surface area contributed by atoms with Gasteiger partial charge >= 0.3 is 0 Å². The Morgan fingerprint density at radius 3 is 1.96 bits per heavy atom. The minimum absolute atomic E-state index is 0.156. The molecular weight excluding hydrogens is 687 g/mol. The molecule has 3 heterocycles. The lowest BCUT2D eigenvalue weighted by Gasteiger charge is -2.22. The average molecular weight is 720 g/mol. The number of rotatable bonds is 3. The smallest absolute Gasteiger partial charge is 0.160 e. The van der Waals surface area contributed by atoms with Crippen molar-refractivity contribution in [3.8, 4) is 39.5 Å². The summed E-state index contributed by atoms with van der Waals surface area (Å²) >= 11 is 1.91. The molecule has 0 spiro atoms. The molecule has 4 heteroatoms. The molecule has 0 saturated carbocycles. The highest BCUT2D eigenvalue weighted by Gasteiger charge is 2.36. The zero-order chi connectivity index (χ0) is 36.4. The predicted molar refractivity (Wildman–Crippen MR) is 233 cm³/mol. The van der Waals surface area contributed by atoms with Gasteiger partial charge in [0.2, 0.25) is 0 Å². The van der Waals surface area contributed by atoms with Crippen LogP contribution in [0.2, 0.25) is 0 Å². The van der Waals surface area contributed by atoms with Gasteiger partial charge in [-0.1, -0.05) is 141 Å². The highest BCUT2D eigenvalue weighted by molar-refractivity contribution is 7.27. The van der Waals surface area contributed by atoms with Crippen LogP contribution in [0.15, 0.2) is 164 Å². The Bertz CT molecular complexity index is 3400. The summed E-state index contributed by atoms with van der Waals surface area (Å²) in [5.74, 6) is 0.740. The van der Waals surface area contributed by atoms with Gasteiger partial charge in [-0.2, -0.15) is 0 Å². The van der Waals surface area contributed by atoms with Gasteiger partial charge in [0.05, 0.1) is 26.9 Å². The van der Waals surface area contributed by atoms with Crippen molar-refractivity contribution < 1.29 is 0 Å². The highest BCUT2D eigenvalue weighted by Crippen LogP contribution is 2.52. The Kier molecular flexibility index (Phi) is 6.27. The summed E-state index contributed by atoms with van der Waals surface area (Å²) in [6, 6.07) is 59.6. The van der Waals surface area contributed by atoms with Gasteiger partial charge in [-0.3, -0.25) is 0 Å². The average Bonchev–Trinajstić information content (AvgIpc) is 3.87. The quantitative estimate of drug-likeness (QED) is 0.182. The first-order valence-electron chi connectivity index (χ1n) is 18.9. The fourth-order valence-corrected chi connectivity index (χ4v) is 10.7. The number of hydrogen-bond donors (Lipinski definition) is 0. The Morgan fingerprint density at radius 1 is 0.509 bits per heavy atom. The van der Waals surface area contributed by atoms with E-state index >= 15 is 0 Å². The molecule has 0 fully saturated rings. The topological polar surface area (TPSA) is 30.7 Å². The maximum Gasteiger partial charge on any atom is 0.160 e. The van der Waals surface area contributed by atoms with Crippen LogP contribution in [0, 0.1) is 0 Å². The Hall–Kier alpha value is -6.62. The second-order valence-corrected chi connectivity index (χ2v) is 16.4. The molecule has 1 aliphatic rings. The third-order valence-electron chi connectivity index (χ3n) is 12.0. The van der Waals surface area contributed by atoms with E-state index in [1.807, 2.05) is 11.3 Å². The molecule has 0 aliphatic heterocycles. The normalized spacial score (nSPS) is 13.4. The maximum absolute atomic E-state index is 5.24. The fourth-order valence-electron chi connectivity index (χ4n) is 9.45. The molecule has 8 aromatic carbocycles. The summed E-state index contributed by atoms with van der Waals surface area (Å²) in [6.45, 7) is 4.70. The van der Waals surface area contributed by atoms with Crippen molar-refractivity contribution in [2.24, 2.45) is 0 Å². The van der Waals surface area contributed by atoms with Crippen molar-refractivity contribution in [1.29, 1.82) is 0 Å². The Morgan fingerprint density at radius 2 is 1.15 bits per heavy atom. The fraction of sp³-hybridized carbons (Fsp3) is 0.0588. The van der Waals surface area contributed by atoms with Crippen molar-refractivity contribution in [2.75, 3.05) is 0 Å². The first-order valence-corrected chi connectivity index (χ1v) is 19.7. The molecule has 0 atom stereocenters. The molecule has 1 aliphatic carbocycles. The van der Waals surface area contributed by atoms with E-state index in [2.05, 4.69) is 182 Å². The lowest BCUT2D eigenvalue weighted by molar-refractivity contribution is 0.660. The van der Waals surface area contributed by atoms with E-state index < -0.39 is 0 Å². The summed E-state index contributed by atoms with van der Waals surface area (Å²) in [4.78, 5) is 10.4. The zero-order valence-electron chi connectivity index (χ0n) is 30.3. The summed E-state index contributed by atoms with van der Waals surface area (Å²) in [7, 11) is 0. The SMILES string of the molecule is CC1(C)c2ccc(-c3nc(-c4ccccc4)c4ccccc4n3)cc2-c2cc(-n3c4ccccc4c4c5ccccc5c5c6ccccc6sc5c43)ccc21. The minimum atomic E-state index is -0.156. The lowest BCUT2D eigenvalue weighted by Crippen LogP contribution is -2.15. The van der Waals surface area contributed by atoms with Gasteiger partial charge in [-0.05, 0) is 69.4 Å². The molecule has 258 valence electrons. The summed E-state index contributed by atoms with van der Waals surface area (Å²) < 4.78 is 5.18. The first-order chi connectivity index (χ1) is 27.0. The van der Waals surface area contributed by atoms with Gasteiger partial charge in [0.25, 0.3) is 0 Å². The van der Waals surface area contributed by atoms with E-state index in [9.17, 15) is 0 Å². The molecule has 3 aromatic heterocycles. The molecule has 0 saturated heterocycles. The van der Waals surface area contributed by atoms with Crippen LogP contribution < -0.4 is 0 Å². The number of fused-ring (bicyclic) bond motifs is 14. The van der Waals surface area contributed by atoms with Crippen molar-refractivity contribution in [1.82, 2.24) is 14.5 Å². The Labute approximate surface area is 321 Å². The van der Waals surface area contributed by atoms with Crippen molar-refractivity contribution >= 4 is 75.0 Å². The molecular formula is C51H33N3S. The molecule has 3 nitrogen and oxygen atoms in total. The van der Waals surface area contributed by atoms with E-state index in [1.54, 1.807) is 0 Å². The van der Waals surface area contributed by atoms with Crippen LogP contribution >= 0.6 is 11.3 Å². The molecule has 11 aromatic rings. The molecule has 55 heavy (non-hydrogen) atoms. The molecule has 12 rings (SSSR count). The number of aromatic nitrogens is 3. The van der Waals surface area contributed by atoms with Crippen LogP contribution in [0.1, 0.15) is 25.0 Å². The third kappa shape index (κ3) is 4.26. The van der Waals surface area contributed by atoms with Gasteiger partial charge in [0, 0.05) is 53.9 Å². The number of hydrogen-bond acceptors (Lipinski definition) is 3. The number of nitrogens with zero attached hydrogens (tertiary/aromatic N) is 3. The maximum atomic E-state index is 5.24. The predicted octanol–water partition coefficient (Wildman–Crippen LogP) is 13.9. The van der Waals surface area contributed by atoms with Crippen molar-refractivity contribution in [2.45, 2.75) is 19.3 Å². The van der Waals surface area contributed by atoms with E-state index in [1.165, 1.54) is 80.7 Å². The van der Waals surface area contributed by atoms with E-state index in [0.29, 0.717) is 0 Å². The van der Waals surface area contributed by atoms with Crippen molar-refractivity contribution in [3.63, 3.8) is 0 Å². The van der Waals surface area contributed by atoms with Gasteiger partial charge in [0.1, 0.15) is 0 Å². The Balaban J connectivity index is 1.12. The molecule has 0 amide bonds. The standard InChI is InChI=1S/C51H33N3S/c1-51(2)40-26-24-31(50-52-42-21-11-8-18-35(42)47(53-50)30-14-4-3-5-15-30)28-38(40)39-29-32(25-27-41(39)51)54-43-22-12-9-19-36(43)45-33-16-6-7-17-34(33)46-37-20-10-13-23-44(37)55-49(46)48(45)54/h3-29H,1-2H3. The van der Waals surface area contributed by atoms with Gasteiger partial charge < -0.3 is 4.57 Å². The third-order valence-corrected chi connectivity index (χ3v) is 13.2. The number of benzene rings is 8. The molecule has 0 N–H and O–H groups in total. The monoisotopic (exact) mass is 719 g/mol. The summed E-state index contributed by atoms with van der Waals surface area (Å²) in [6.07, 6.45) is 0. The second kappa shape index (κ2) is 11.2. The summed E-state index contributed by atoms with van der Waals surface area (Å²) in [5.41, 5.74) is 12.7. The lowest BCUT2D eigenvalue weighted by atomic mass is 9.82. The van der Waals surface area contributed by atoms with Crippen LogP contribution in [-0.4, -0.2) is 14.5 Å². The van der Waals surface area contributed by atoms with Crippen molar-refractivity contribution in [3.05, 3.63) is 175 Å². The second-order valence-electron chi connectivity index (χ2n) is 15.3. The molecule has 0 radical (unpaired) electrons. The number of thiophene rings is 1. The molecule has 0 bridgehead atoms. The largest absolute Gasteiger partial charge is 0.308 e. The van der Waals surface area contributed by atoms with E-state index in [4.69, 9.17) is 9.97 Å². The van der Waals surface area contributed by atoms with Gasteiger partial charge in [0.15, 0.2) is 5.82 Å². The zero-order valence-corrected chi connectivity index (χ0v) is 31.2. The first kappa shape index (κ1) is 30.8. The van der Waals surface area contributed by atoms with Crippen LogP contribution in [0.5, 0.6) is 0 Å².